The summed E-state index contributed by atoms with van der Waals surface area (Å²) in [7, 11) is 1.26. The molecule has 0 aliphatic carbocycles. The molecule has 2 heterocycles. The number of hydrogen-bond acceptors (Lipinski definition) is 9. The number of amides is 2. The monoisotopic (exact) mass is 446 g/mol. The maximum Gasteiger partial charge on any atom is 0.306 e. The maximum absolute atomic E-state index is 12.2. The summed E-state index contributed by atoms with van der Waals surface area (Å²) in [5.74, 6) is -0.939. The lowest BCUT2D eigenvalue weighted by Gasteiger charge is -2.01. The summed E-state index contributed by atoms with van der Waals surface area (Å²) >= 11 is 2.39. The molecule has 3 N–H and O–H groups in total. The van der Waals surface area contributed by atoms with Crippen molar-refractivity contribution in [3.63, 3.8) is 0 Å². The molecule has 0 saturated carbocycles. The Morgan fingerprint density at radius 3 is 2.90 bits per heavy atom. The minimum Gasteiger partial charge on any atom is -0.508 e. The zero-order chi connectivity index (χ0) is 21.7. The second-order valence-electron chi connectivity index (χ2n) is 6.14. The van der Waals surface area contributed by atoms with E-state index in [1.54, 1.807) is 24.4 Å². The fraction of sp³-hybridized carbons (Fsp3) is 0.211. The minimum atomic E-state index is -0.459. The largest absolute Gasteiger partial charge is 0.508 e. The van der Waals surface area contributed by atoms with E-state index in [2.05, 4.69) is 25.3 Å². The number of carbonyl (C=O) groups is 3. The highest BCUT2D eigenvalue weighted by atomic mass is 32.2. The number of aliphatic imine (C=N–C) groups is 1. The van der Waals surface area contributed by atoms with Crippen molar-refractivity contribution in [2.75, 3.05) is 12.4 Å². The fourth-order valence-corrected chi connectivity index (χ4v) is 4.07. The van der Waals surface area contributed by atoms with Gasteiger partial charge in [0.05, 0.1) is 29.0 Å². The van der Waals surface area contributed by atoms with Gasteiger partial charge in [-0.05, 0) is 48.5 Å². The van der Waals surface area contributed by atoms with Crippen LogP contribution in [0.5, 0.6) is 5.75 Å². The molecule has 1 aromatic carbocycles. The van der Waals surface area contributed by atoms with Crippen LogP contribution in [0.1, 0.15) is 23.3 Å². The minimum absolute atomic E-state index is 0.00254. The average molecular weight is 447 g/mol. The summed E-state index contributed by atoms with van der Waals surface area (Å²) in [6, 6.07) is 4.79. The van der Waals surface area contributed by atoms with Crippen LogP contribution < -0.4 is 10.6 Å². The molecule has 0 unspecified atom stereocenters. The van der Waals surface area contributed by atoms with Gasteiger partial charge in [-0.1, -0.05) is 11.3 Å². The third kappa shape index (κ3) is 5.67. The average Bonchev–Trinajstić information content (AvgIpc) is 3.28. The van der Waals surface area contributed by atoms with Crippen LogP contribution >= 0.6 is 23.1 Å². The smallest absolute Gasteiger partial charge is 0.306 e. The summed E-state index contributed by atoms with van der Waals surface area (Å²) in [5.41, 5.74) is 1.43. The highest BCUT2D eigenvalue weighted by Gasteiger charge is 2.24. The van der Waals surface area contributed by atoms with Crippen LogP contribution in [0.4, 0.5) is 10.8 Å². The van der Waals surface area contributed by atoms with E-state index < -0.39 is 5.97 Å². The van der Waals surface area contributed by atoms with Gasteiger partial charge in [-0.2, -0.15) is 0 Å². The van der Waals surface area contributed by atoms with Gasteiger partial charge in [0, 0.05) is 12.6 Å². The number of nitrogens with zero attached hydrogens (tertiary/aromatic N) is 2. The van der Waals surface area contributed by atoms with Gasteiger partial charge < -0.3 is 20.5 Å². The van der Waals surface area contributed by atoms with Crippen LogP contribution in [-0.2, 0) is 19.1 Å². The summed E-state index contributed by atoms with van der Waals surface area (Å²) < 4.78 is 4.50. The quantitative estimate of drug-likeness (QED) is 0.459. The lowest BCUT2D eigenvalue weighted by Crippen LogP contribution is -2.19. The first kappa shape index (κ1) is 21.5. The van der Waals surface area contributed by atoms with E-state index in [0.717, 1.165) is 5.56 Å². The first-order valence-electron chi connectivity index (χ1n) is 8.76. The van der Waals surface area contributed by atoms with Crippen molar-refractivity contribution in [1.82, 2.24) is 10.3 Å². The van der Waals surface area contributed by atoms with Gasteiger partial charge in [0.2, 0.25) is 5.91 Å². The predicted octanol–water partition coefficient (Wildman–Crippen LogP) is 2.94. The number of phenols is 1. The molecule has 3 rings (SSSR count). The van der Waals surface area contributed by atoms with E-state index >= 15 is 0 Å². The number of benzene rings is 1. The number of hydrogen-bond donors (Lipinski definition) is 3. The lowest BCUT2D eigenvalue weighted by molar-refractivity contribution is -0.141. The number of rotatable bonds is 6. The fourth-order valence-electron chi connectivity index (χ4n) is 2.39. The number of nitrogens with one attached hydrogen (secondary N) is 2. The van der Waals surface area contributed by atoms with E-state index in [0.29, 0.717) is 25.8 Å². The van der Waals surface area contributed by atoms with Crippen molar-refractivity contribution in [1.29, 1.82) is 0 Å². The Kier molecular flexibility index (Phi) is 6.85. The zero-order valence-corrected chi connectivity index (χ0v) is 17.7. The molecule has 30 heavy (non-hydrogen) atoms. The first-order chi connectivity index (χ1) is 14.3. The predicted molar refractivity (Wildman–Crippen MR) is 116 cm³/mol. The van der Waals surface area contributed by atoms with Crippen molar-refractivity contribution in [3.8, 4) is 5.75 Å². The number of thiazole rings is 1. The second kappa shape index (κ2) is 9.55. The van der Waals surface area contributed by atoms with Gasteiger partial charge >= 0.3 is 5.97 Å². The molecule has 2 amide bonds. The number of aromatic hydroxyl groups is 1. The molecular weight excluding hydrogens is 428 g/mol. The number of phenolic OH excluding ortho intramolecular Hbond substituents is 1. The number of amidine groups is 1. The Morgan fingerprint density at radius 2 is 2.17 bits per heavy atom. The number of methoxy groups -OCH3 is 1. The number of carbonyl (C=O) groups excluding carboxylic acids is 3. The van der Waals surface area contributed by atoms with Crippen molar-refractivity contribution in [2.24, 2.45) is 4.99 Å². The SMILES string of the molecule is COC(=O)CCC(=O)Nc1ncc(/C=C2\S/C(=N\c3ccc(O)cc3C)NC2=O)s1. The Hall–Kier alpha value is -3.18. The third-order valence-electron chi connectivity index (χ3n) is 3.88. The Balaban J connectivity index is 1.65. The topological polar surface area (TPSA) is 130 Å². The zero-order valence-electron chi connectivity index (χ0n) is 16.1. The van der Waals surface area contributed by atoms with Crippen molar-refractivity contribution in [3.05, 3.63) is 39.7 Å². The molecule has 2 aromatic rings. The molecule has 1 aliphatic rings. The van der Waals surface area contributed by atoms with Gasteiger partial charge in [-0.3, -0.25) is 14.4 Å². The summed E-state index contributed by atoms with van der Waals surface area (Å²) in [4.78, 5) is 44.8. The lowest BCUT2D eigenvalue weighted by atomic mass is 10.2. The molecule has 0 bridgehead atoms. The molecular formula is C19H18N4O5S2. The normalized spacial score (nSPS) is 16.0. The van der Waals surface area contributed by atoms with Crippen LogP contribution in [0.2, 0.25) is 0 Å². The Labute approximate surface area is 180 Å². The van der Waals surface area contributed by atoms with E-state index in [4.69, 9.17) is 0 Å². The molecule has 156 valence electrons. The second-order valence-corrected chi connectivity index (χ2v) is 8.24. The summed E-state index contributed by atoms with van der Waals surface area (Å²) in [6.45, 7) is 1.82. The standard InChI is InChI=1S/C19H18N4O5S2/c1-10-7-11(24)3-4-13(10)21-19-23-17(27)14(30-19)8-12-9-20-18(29-12)22-15(25)5-6-16(26)28-2/h3-4,7-9,24H,5-6H2,1-2H3,(H,20,22,25)(H,21,23,27)/b14-8-. The molecule has 1 saturated heterocycles. The Morgan fingerprint density at radius 1 is 1.37 bits per heavy atom. The highest BCUT2D eigenvalue weighted by Crippen LogP contribution is 2.31. The van der Waals surface area contributed by atoms with Crippen molar-refractivity contribution in [2.45, 2.75) is 19.8 Å². The van der Waals surface area contributed by atoms with Crippen LogP contribution in [0.25, 0.3) is 6.08 Å². The number of anilines is 1. The maximum atomic E-state index is 12.2. The molecule has 11 heteroatoms. The number of esters is 1. The summed E-state index contributed by atoms with van der Waals surface area (Å²) in [6.07, 6.45) is 3.19. The van der Waals surface area contributed by atoms with Crippen LogP contribution in [0.3, 0.4) is 0 Å². The third-order valence-corrected chi connectivity index (χ3v) is 5.65. The van der Waals surface area contributed by atoms with E-state index in [1.165, 1.54) is 36.3 Å². The number of aromatic nitrogens is 1. The van der Waals surface area contributed by atoms with Crippen LogP contribution in [-0.4, -0.2) is 40.2 Å². The molecule has 0 radical (unpaired) electrons. The molecule has 9 nitrogen and oxygen atoms in total. The number of thioether (sulfide) groups is 1. The molecule has 1 fully saturated rings. The van der Waals surface area contributed by atoms with Crippen LogP contribution in [0.15, 0.2) is 34.3 Å². The molecule has 0 spiro atoms. The van der Waals surface area contributed by atoms with Gasteiger partial charge in [-0.25, -0.2) is 9.98 Å². The molecule has 1 aliphatic heterocycles. The highest BCUT2D eigenvalue weighted by molar-refractivity contribution is 8.18. The van der Waals surface area contributed by atoms with E-state index in [9.17, 15) is 19.5 Å². The van der Waals surface area contributed by atoms with Gasteiger partial charge in [0.1, 0.15) is 5.75 Å². The van der Waals surface area contributed by atoms with Gasteiger partial charge in [0.25, 0.3) is 5.91 Å². The van der Waals surface area contributed by atoms with Gasteiger partial charge in [-0.15, -0.1) is 0 Å². The first-order valence-corrected chi connectivity index (χ1v) is 10.4. The van der Waals surface area contributed by atoms with Crippen molar-refractivity contribution >= 4 is 62.9 Å². The number of aryl methyl sites for hydroxylation is 1. The summed E-state index contributed by atoms with van der Waals surface area (Å²) in [5, 5.41) is 15.6. The molecule has 1 aromatic heterocycles. The van der Waals surface area contributed by atoms with Crippen molar-refractivity contribution < 1.29 is 24.2 Å². The van der Waals surface area contributed by atoms with Gasteiger partial charge in [0.15, 0.2) is 10.3 Å². The van der Waals surface area contributed by atoms with E-state index in [-0.39, 0.29) is 30.4 Å². The van der Waals surface area contributed by atoms with E-state index in [1.807, 2.05) is 6.92 Å². The Bertz CT molecular complexity index is 1060. The van der Waals surface area contributed by atoms with Crippen LogP contribution in [0, 0.1) is 6.92 Å². The molecule has 0 atom stereocenters. The number of ether oxygens (including phenoxy) is 1.